The minimum atomic E-state index is -0.379. The number of carbonyl (C=O) groups is 2. The van der Waals surface area contributed by atoms with E-state index in [1.807, 2.05) is 0 Å². The largest absolute Gasteiger partial charge is 0.454 e. The molecule has 0 saturated carbocycles. The Morgan fingerprint density at radius 2 is 2.04 bits per heavy atom. The van der Waals surface area contributed by atoms with Gasteiger partial charge in [0.15, 0.2) is 11.5 Å². The third-order valence-corrected chi connectivity index (χ3v) is 4.87. The van der Waals surface area contributed by atoms with Crippen molar-refractivity contribution in [1.29, 1.82) is 0 Å². The fraction of sp³-hybridized carbons (Fsp3) is 0.529. The van der Waals surface area contributed by atoms with Gasteiger partial charge < -0.3 is 25.0 Å². The summed E-state index contributed by atoms with van der Waals surface area (Å²) in [7, 11) is 0. The van der Waals surface area contributed by atoms with E-state index in [0.717, 1.165) is 19.5 Å². The minimum absolute atomic E-state index is 0. The van der Waals surface area contributed by atoms with E-state index < -0.39 is 0 Å². The van der Waals surface area contributed by atoms with Gasteiger partial charge in [-0.25, -0.2) is 0 Å². The third kappa shape index (κ3) is 3.52. The second kappa shape index (κ2) is 7.49. The van der Waals surface area contributed by atoms with E-state index >= 15 is 0 Å². The summed E-state index contributed by atoms with van der Waals surface area (Å²) in [6.07, 6.45) is 1.56. The van der Waals surface area contributed by atoms with Crippen molar-refractivity contribution in [1.82, 2.24) is 15.5 Å². The van der Waals surface area contributed by atoms with Crippen molar-refractivity contribution in [3.63, 3.8) is 0 Å². The molecule has 0 aliphatic carbocycles. The number of halogens is 1. The lowest BCUT2D eigenvalue weighted by atomic mass is 10.0. The fourth-order valence-electron chi connectivity index (χ4n) is 3.33. The van der Waals surface area contributed by atoms with Crippen molar-refractivity contribution in [3.8, 4) is 11.5 Å². The Hall–Kier alpha value is -1.99. The molecule has 2 saturated heterocycles. The molecule has 3 aliphatic rings. The van der Waals surface area contributed by atoms with Gasteiger partial charge in [0.1, 0.15) is 6.04 Å². The maximum absolute atomic E-state index is 12.8. The molecule has 2 N–H and O–H groups in total. The molecule has 2 fully saturated rings. The average Bonchev–Trinajstić information content (AvgIpc) is 3.20. The molecule has 3 heterocycles. The summed E-state index contributed by atoms with van der Waals surface area (Å²) in [6, 6.07) is 4.78. The zero-order valence-electron chi connectivity index (χ0n) is 13.8. The molecule has 1 aromatic carbocycles. The molecule has 1 atom stereocenters. The van der Waals surface area contributed by atoms with E-state index in [4.69, 9.17) is 9.47 Å². The molecule has 1 aromatic rings. The maximum Gasteiger partial charge on any atom is 0.254 e. The lowest BCUT2D eigenvalue weighted by molar-refractivity contribution is -0.125. The van der Waals surface area contributed by atoms with Gasteiger partial charge in [-0.05, 0) is 31.0 Å². The van der Waals surface area contributed by atoms with Crippen molar-refractivity contribution in [2.75, 3.05) is 33.0 Å². The summed E-state index contributed by atoms with van der Waals surface area (Å²) in [4.78, 5) is 26.9. The second-order valence-corrected chi connectivity index (χ2v) is 6.49. The summed E-state index contributed by atoms with van der Waals surface area (Å²) >= 11 is 0. The van der Waals surface area contributed by atoms with E-state index in [1.54, 1.807) is 23.1 Å². The number of nitrogens with zero attached hydrogens (tertiary/aromatic N) is 1. The molecule has 1 unspecified atom stereocenters. The van der Waals surface area contributed by atoms with Gasteiger partial charge in [0.2, 0.25) is 12.7 Å². The van der Waals surface area contributed by atoms with Crippen LogP contribution < -0.4 is 20.1 Å². The van der Waals surface area contributed by atoms with Crippen molar-refractivity contribution in [2.24, 2.45) is 5.92 Å². The van der Waals surface area contributed by atoms with Crippen LogP contribution in [0, 0.1) is 5.92 Å². The van der Waals surface area contributed by atoms with Crippen LogP contribution in [0.3, 0.4) is 0 Å². The molecular formula is C17H22ClN3O4. The SMILES string of the molecule is Cl.O=C(NCC1CNC1)C1CCCN1C(=O)c1ccc2c(c1)OCO2. The van der Waals surface area contributed by atoms with E-state index in [0.29, 0.717) is 42.5 Å². The fourth-order valence-corrected chi connectivity index (χ4v) is 3.33. The topological polar surface area (TPSA) is 79.9 Å². The van der Waals surface area contributed by atoms with Crippen LogP contribution in [0.4, 0.5) is 0 Å². The first-order valence-corrected chi connectivity index (χ1v) is 8.41. The highest BCUT2D eigenvalue weighted by Gasteiger charge is 2.35. The first kappa shape index (κ1) is 17.8. The number of benzene rings is 1. The molecular weight excluding hydrogens is 346 g/mol. The highest BCUT2D eigenvalue weighted by Crippen LogP contribution is 2.33. The van der Waals surface area contributed by atoms with Crippen LogP contribution >= 0.6 is 12.4 Å². The van der Waals surface area contributed by atoms with Crippen LogP contribution in [0.2, 0.25) is 0 Å². The maximum atomic E-state index is 12.8. The second-order valence-electron chi connectivity index (χ2n) is 6.49. The van der Waals surface area contributed by atoms with E-state index in [9.17, 15) is 9.59 Å². The molecule has 25 heavy (non-hydrogen) atoms. The number of nitrogens with one attached hydrogen (secondary N) is 2. The Bertz CT molecular complexity index is 665. The lowest BCUT2D eigenvalue weighted by Gasteiger charge is -2.29. The third-order valence-electron chi connectivity index (χ3n) is 4.87. The van der Waals surface area contributed by atoms with Gasteiger partial charge >= 0.3 is 0 Å². The number of hydrogen-bond acceptors (Lipinski definition) is 5. The average molecular weight is 368 g/mol. The molecule has 2 amide bonds. The molecule has 136 valence electrons. The normalized spacial score (nSPS) is 21.4. The Balaban J connectivity index is 0.00000182. The standard InChI is InChI=1S/C17H21N3O4.ClH/c21-16(19-9-11-7-18-8-11)13-2-1-5-20(13)17(22)12-3-4-14-15(6-12)24-10-23-14;/h3-4,6,11,13,18H,1-2,5,7-10H2,(H,19,21);1H. The van der Waals surface area contributed by atoms with Crippen molar-refractivity contribution in [2.45, 2.75) is 18.9 Å². The number of hydrogen-bond donors (Lipinski definition) is 2. The highest BCUT2D eigenvalue weighted by molar-refractivity contribution is 5.98. The number of fused-ring (bicyclic) bond motifs is 1. The van der Waals surface area contributed by atoms with Crippen molar-refractivity contribution >= 4 is 24.2 Å². The summed E-state index contributed by atoms with van der Waals surface area (Å²) < 4.78 is 10.6. The summed E-state index contributed by atoms with van der Waals surface area (Å²) in [5, 5.41) is 6.17. The summed E-state index contributed by atoms with van der Waals surface area (Å²) in [5.74, 6) is 1.56. The van der Waals surface area contributed by atoms with Crippen molar-refractivity contribution < 1.29 is 19.1 Å². The van der Waals surface area contributed by atoms with Crippen LogP contribution in [0.15, 0.2) is 18.2 Å². The first-order valence-electron chi connectivity index (χ1n) is 8.41. The zero-order valence-corrected chi connectivity index (χ0v) is 14.6. The number of amides is 2. The molecule has 8 heteroatoms. The van der Waals surface area contributed by atoms with Crippen LogP contribution in [0.25, 0.3) is 0 Å². The Labute approximate surface area is 152 Å². The van der Waals surface area contributed by atoms with Gasteiger partial charge in [0.25, 0.3) is 5.91 Å². The molecule has 0 spiro atoms. The van der Waals surface area contributed by atoms with Gasteiger partial charge in [-0.15, -0.1) is 12.4 Å². The van der Waals surface area contributed by atoms with Gasteiger partial charge in [0, 0.05) is 37.7 Å². The smallest absolute Gasteiger partial charge is 0.254 e. The van der Waals surface area contributed by atoms with E-state index in [1.165, 1.54) is 0 Å². The predicted molar refractivity (Wildman–Crippen MR) is 93.2 cm³/mol. The van der Waals surface area contributed by atoms with Crippen LogP contribution in [-0.4, -0.2) is 55.7 Å². The van der Waals surface area contributed by atoms with Crippen LogP contribution in [0.5, 0.6) is 11.5 Å². The van der Waals surface area contributed by atoms with Gasteiger partial charge in [-0.1, -0.05) is 0 Å². The molecule has 0 aromatic heterocycles. The Morgan fingerprint density at radius 3 is 2.80 bits per heavy atom. The lowest BCUT2D eigenvalue weighted by Crippen LogP contribution is -2.51. The Kier molecular flexibility index (Phi) is 5.34. The molecule has 0 bridgehead atoms. The van der Waals surface area contributed by atoms with Gasteiger partial charge in [-0.3, -0.25) is 9.59 Å². The van der Waals surface area contributed by atoms with E-state index in [-0.39, 0.29) is 37.1 Å². The molecule has 0 radical (unpaired) electrons. The molecule has 4 rings (SSSR count). The number of rotatable bonds is 4. The minimum Gasteiger partial charge on any atom is -0.454 e. The van der Waals surface area contributed by atoms with E-state index in [2.05, 4.69) is 10.6 Å². The summed E-state index contributed by atoms with van der Waals surface area (Å²) in [5.41, 5.74) is 0.530. The van der Waals surface area contributed by atoms with Crippen LogP contribution in [-0.2, 0) is 4.79 Å². The predicted octanol–water partition coefficient (Wildman–Crippen LogP) is 0.777. The number of carbonyl (C=O) groups excluding carboxylic acids is 2. The quantitative estimate of drug-likeness (QED) is 0.822. The van der Waals surface area contributed by atoms with Gasteiger partial charge in [0.05, 0.1) is 0 Å². The Morgan fingerprint density at radius 1 is 1.24 bits per heavy atom. The highest BCUT2D eigenvalue weighted by atomic mass is 35.5. The number of ether oxygens (including phenoxy) is 2. The van der Waals surface area contributed by atoms with Crippen molar-refractivity contribution in [3.05, 3.63) is 23.8 Å². The summed E-state index contributed by atoms with van der Waals surface area (Å²) in [6.45, 7) is 3.36. The first-order chi connectivity index (χ1) is 11.7. The van der Waals surface area contributed by atoms with Crippen LogP contribution in [0.1, 0.15) is 23.2 Å². The molecule has 7 nitrogen and oxygen atoms in total. The number of likely N-dealkylation sites (tertiary alicyclic amines) is 1. The monoisotopic (exact) mass is 367 g/mol. The zero-order chi connectivity index (χ0) is 16.5. The molecule has 3 aliphatic heterocycles. The van der Waals surface area contributed by atoms with Gasteiger partial charge in [-0.2, -0.15) is 0 Å².